The number of benzene rings is 1. The maximum Gasteiger partial charge on any atom is 0.117 e. The lowest BCUT2D eigenvalue weighted by Gasteiger charge is -2.15. The first kappa shape index (κ1) is 10.8. The van der Waals surface area contributed by atoms with Gasteiger partial charge in [0.1, 0.15) is 5.75 Å². The normalized spacial score (nSPS) is 24.6. The molecule has 0 aromatic heterocycles. The third-order valence-electron chi connectivity index (χ3n) is 3.25. The summed E-state index contributed by atoms with van der Waals surface area (Å²) in [4.78, 5) is 0. The highest BCUT2D eigenvalue weighted by molar-refractivity contribution is 6.31. The number of rotatable bonds is 2. The average molecular weight is 225 g/mol. The minimum absolute atomic E-state index is 0.278. The molecule has 0 bridgehead atoms. The van der Waals surface area contributed by atoms with E-state index in [1.807, 2.05) is 6.07 Å². The number of hydrogen-bond donors (Lipinski definition) is 1. The van der Waals surface area contributed by atoms with E-state index in [1.165, 1.54) is 17.5 Å². The van der Waals surface area contributed by atoms with Crippen molar-refractivity contribution in [2.45, 2.75) is 39.0 Å². The molecule has 1 nitrogen and oxygen atoms in total. The van der Waals surface area contributed by atoms with Gasteiger partial charge in [-0.05, 0) is 47.4 Å². The largest absolute Gasteiger partial charge is 0.508 e. The molecule has 1 aliphatic carbocycles. The molecule has 1 aromatic rings. The van der Waals surface area contributed by atoms with Crippen LogP contribution < -0.4 is 0 Å². The Morgan fingerprint density at radius 2 is 2.00 bits per heavy atom. The molecule has 0 saturated heterocycles. The van der Waals surface area contributed by atoms with Crippen LogP contribution in [0.25, 0.3) is 0 Å². The Hall–Kier alpha value is -0.690. The number of phenols is 1. The third kappa shape index (κ3) is 1.98. The summed E-state index contributed by atoms with van der Waals surface area (Å²) in [5, 5.41) is 10.3. The molecule has 1 unspecified atom stereocenters. The molecular formula is C13H17ClO. The predicted octanol–water partition coefficient (Wildman–Crippen LogP) is 4.29. The number of aromatic hydroxyl groups is 1. The molecule has 15 heavy (non-hydrogen) atoms. The summed E-state index contributed by atoms with van der Waals surface area (Å²) in [5.41, 5.74) is 2.46. The highest BCUT2D eigenvalue weighted by Gasteiger charge is 2.37. The smallest absolute Gasteiger partial charge is 0.117 e. The molecule has 1 saturated carbocycles. The Labute approximate surface area is 96.1 Å². The molecule has 1 N–H and O–H groups in total. The van der Waals surface area contributed by atoms with Crippen LogP contribution in [0.1, 0.15) is 50.2 Å². The molecule has 1 aromatic carbocycles. The lowest BCUT2D eigenvalue weighted by atomic mass is 9.93. The summed E-state index contributed by atoms with van der Waals surface area (Å²) in [6, 6.07) is 3.52. The predicted molar refractivity (Wildman–Crippen MR) is 63.7 cm³/mol. The maximum absolute atomic E-state index is 9.55. The van der Waals surface area contributed by atoms with Crippen molar-refractivity contribution in [1.82, 2.24) is 0 Å². The summed E-state index contributed by atoms with van der Waals surface area (Å²) < 4.78 is 0. The Morgan fingerprint density at radius 1 is 1.40 bits per heavy atom. The van der Waals surface area contributed by atoms with E-state index in [-0.39, 0.29) is 5.75 Å². The van der Waals surface area contributed by atoms with Crippen molar-refractivity contribution in [2.24, 2.45) is 5.92 Å². The average Bonchev–Trinajstić information content (AvgIpc) is 2.80. The molecule has 2 heteroatoms. The minimum atomic E-state index is 0.278. The van der Waals surface area contributed by atoms with E-state index < -0.39 is 0 Å². The van der Waals surface area contributed by atoms with Crippen LogP contribution in [-0.4, -0.2) is 5.11 Å². The number of phenolic OH excluding ortho intramolecular Hbond substituents is 1. The van der Waals surface area contributed by atoms with Crippen molar-refractivity contribution in [1.29, 1.82) is 0 Å². The SMILES string of the molecule is CC(C)c1cc(O)cc(Cl)c1C1C[C@H]1C. The van der Waals surface area contributed by atoms with Gasteiger partial charge < -0.3 is 5.11 Å². The van der Waals surface area contributed by atoms with E-state index in [0.717, 1.165) is 10.9 Å². The molecule has 0 amide bonds. The zero-order valence-electron chi connectivity index (χ0n) is 9.42. The second-order valence-electron chi connectivity index (χ2n) is 4.90. The van der Waals surface area contributed by atoms with Crippen LogP contribution in [0.5, 0.6) is 5.75 Å². The van der Waals surface area contributed by atoms with E-state index in [9.17, 15) is 5.11 Å². The number of halogens is 1. The Kier molecular flexibility index (Phi) is 2.68. The van der Waals surface area contributed by atoms with E-state index in [4.69, 9.17) is 11.6 Å². The summed E-state index contributed by atoms with van der Waals surface area (Å²) in [6.07, 6.45) is 1.23. The number of hydrogen-bond acceptors (Lipinski definition) is 1. The lowest BCUT2D eigenvalue weighted by Crippen LogP contribution is -1.96. The van der Waals surface area contributed by atoms with Gasteiger partial charge in [0.2, 0.25) is 0 Å². The second kappa shape index (κ2) is 3.71. The topological polar surface area (TPSA) is 20.2 Å². The zero-order valence-corrected chi connectivity index (χ0v) is 10.2. The van der Waals surface area contributed by atoms with Gasteiger partial charge in [-0.3, -0.25) is 0 Å². The van der Waals surface area contributed by atoms with Gasteiger partial charge in [0, 0.05) is 5.02 Å². The molecule has 2 rings (SSSR count). The summed E-state index contributed by atoms with van der Waals surface area (Å²) in [7, 11) is 0. The highest BCUT2D eigenvalue weighted by atomic mass is 35.5. The van der Waals surface area contributed by atoms with Crippen molar-refractivity contribution < 1.29 is 5.11 Å². The van der Waals surface area contributed by atoms with Crippen LogP contribution >= 0.6 is 11.6 Å². The van der Waals surface area contributed by atoms with Crippen molar-refractivity contribution in [3.63, 3.8) is 0 Å². The molecular weight excluding hydrogens is 208 g/mol. The first-order valence-electron chi connectivity index (χ1n) is 5.53. The van der Waals surface area contributed by atoms with Crippen LogP contribution in [-0.2, 0) is 0 Å². The monoisotopic (exact) mass is 224 g/mol. The van der Waals surface area contributed by atoms with E-state index in [2.05, 4.69) is 20.8 Å². The van der Waals surface area contributed by atoms with Crippen molar-refractivity contribution >= 4 is 11.6 Å². The lowest BCUT2D eigenvalue weighted by molar-refractivity contribution is 0.473. The van der Waals surface area contributed by atoms with Crippen LogP contribution in [0.15, 0.2) is 12.1 Å². The molecule has 1 aliphatic rings. The highest BCUT2D eigenvalue weighted by Crippen LogP contribution is 2.52. The van der Waals surface area contributed by atoms with Gasteiger partial charge in [0.05, 0.1) is 0 Å². The van der Waals surface area contributed by atoms with Crippen LogP contribution in [0, 0.1) is 5.92 Å². The first-order chi connectivity index (χ1) is 7.00. The van der Waals surface area contributed by atoms with Crippen molar-refractivity contribution in [3.8, 4) is 5.75 Å². The van der Waals surface area contributed by atoms with Crippen LogP contribution in [0.4, 0.5) is 0 Å². The van der Waals surface area contributed by atoms with Gasteiger partial charge in [0.15, 0.2) is 0 Å². The van der Waals surface area contributed by atoms with Gasteiger partial charge in [-0.25, -0.2) is 0 Å². The fraction of sp³-hybridized carbons (Fsp3) is 0.538. The molecule has 0 radical (unpaired) electrons. The van der Waals surface area contributed by atoms with Crippen LogP contribution in [0.3, 0.4) is 0 Å². The molecule has 0 heterocycles. The first-order valence-corrected chi connectivity index (χ1v) is 5.90. The van der Waals surface area contributed by atoms with Gasteiger partial charge in [-0.1, -0.05) is 32.4 Å². The summed E-state index contributed by atoms with van der Waals surface area (Å²) in [5.74, 6) is 2.04. The maximum atomic E-state index is 9.55. The Bertz CT molecular complexity index is 384. The summed E-state index contributed by atoms with van der Waals surface area (Å²) in [6.45, 7) is 6.53. The van der Waals surface area contributed by atoms with E-state index >= 15 is 0 Å². The van der Waals surface area contributed by atoms with Gasteiger partial charge in [-0.15, -0.1) is 0 Å². The fourth-order valence-electron chi connectivity index (χ4n) is 2.22. The summed E-state index contributed by atoms with van der Waals surface area (Å²) >= 11 is 6.22. The van der Waals surface area contributed by atoms with E-state index in [1.54, 1.807) is 6.07 Å². The van der Waals surface area contributed by atoms with Gasteiger partial charge in [0.25, 0.3) is 0 Å². The van der Waals surface area contributed by atoms with Gasteiger partial charge >= 0.3 is 0 Å². The molecule has 1 fully saturated rings. The quantitative estimate of drug-likeness (QED) is 0.795. The Balaban J connectivity index is 2.50. The Morgan fingerprint density at radius 3 is 2.47 bits per heavy atom. The van der Waals surface area contributed by atoms with E-state index in [0.29, 0.717) is 11.8 Å². The second-order valence-corrected chi connectivity index (χ2v) is 5.31. The standard InChI is InChI=1S/C13H17ClO/c1-7(2)10-5-9(15)6-12(14)13(10)11-4-8(11)3/h5-8,11,15H,4H2,1-3H3/t8-,11?/m1/s1. The van der Waals surface area contributed by atoms with Gasteiger partial charge in [-0.2, -0.15) is 0 Å². The molecule has 82 valence electrons. The molecule has 0 spiro atoms. The molecule has 0 aliphatic heterocycles. The third-order valence-corrected chi connectivity index (χ3v) is 3.56. The van der Waals surface area contributed by atoms with Crippen molar-refractivity contribution in [2.75, 3.05) is 0 Å². The molecule has 2 atom stereocenters. The fourth-order valence-corrected chi connectivity index (χ4v) is 2.58. The van der Waals surface area contributed by atoms with Crippen LogP contribution in [0.2, 0.25) is 5.02 Å². The van der Waals surface area contributed by atoms with Crippen molar-refractivity contribution in [3.05, 3.63) is 28.3 Å². The zero-order chi connectivity index (χ0) is 11.2. The minimum Gasteiger partial charge on any atom is -0.508 e.